The molecule has 3 rings (SSSR count). The molecule has 2 aliphatic rings. The van der Waals surface area contributed by atoms with Gasteiger partial charge in [0.05, 0.1) is 16.6 Å². The molecule has 150 valence electrons. The van der Waals surface area contributed by atoms with Crippen molar-refractivity contribution in [2.24, 2.45) is 5.41 Å². The Morgan fingerprint density at radius 2 is 2.00 bits per heavy atom. The van der Waals surface area contributed by atoms with E-state index in [-0.39, 0.29) is 23.0 Å². The molecule has 1 saturated carbocycles. The van der Waals surface area contributed by atoms with Crippen LogP contribution in [-0.4, -0.2) is 48.9 Å². The van der Waals surface area contributed by atoms with Gasteiger partial charge >= 0.3 is 11.9 Å². The fraction of sp³-hybridized carbons (Fsp3) is 0.533. The number of rotatable bonds is 5. The Hall–Kier alpha value is -1.40. The molecule has 27 heavy (non-hydrogen) atoms. The number of likely N-dealkylation sites (tertiary alicyclic amines) is 1. The van der Waals surface area contributed by atoms with Crippen LogP contribution in [0.5, 0.6) is 0 Å². The van der Waals surface area contributed by atoms with Crippen molar-refractivity contribution in [3.05, 3.63) is 33.8 Å². The third-order valence-electron chi connectivity index (χ3n) is 5.09. The highest BCUT2D eigenvalue weighted by Gasteiger charge is 2.62. The molecule has 0 aromatic heterocycles. The minimum absolute atomic E-state index is 0.0679. The average Bonchev–Trinajstić information content (AvgIpc) is 3.27. The van der Waals surface area contributed by atoms with E-state index in [4.69, 9.17) is 0 Å². The summed E-state index contributed by atoms with van der Waals surface area (Å²) in [5.74, 6) is -5.29. The summed E-state index contributed by atoms with van der Waals surface area (Å²) in [5.41, 5.74) is -0.997. The van der Waals surface area contributed by atoms with E-state index in [0.717, 1.165) is 17.0 Å². The molecule has 2 fully saturated rings. The highest BCUT2D eigenvalue weighted by molar-refractivity contribution is 9.10. The van der Waals surface area contributed by atoms with Gasteiger partial charge in [-0.3, -0.25) is 0 Å². The summed E-state index contributed by atoms with van der Waals surface area (Å²) < 4.78 is 78.7. The Morgan fingerprint density at radius 3 is 2.52 bits per heavy atom. The second-order valence-corrected chi connectivity index (χ2v) is 9.34. The summed E-state index contributed by atoms with van der Waals surface area (Å²) in [7, 11) is -4.99. The van der Waals surface area contributed by atoms with Gasteiger partial charge in [-0.1, -0.05) is 0 Å². The quantitative estimate of drug-likeness (QED) is 0.507. The van der Waals surface area contributed by atoms with Gasteiger partial charge in [-0.15, -0.1) is 0 Å². The van der Waals surface area contributed by atoms with Crippen molar-refractivity contribution >= 4 is 32.0 Å². The molecular weight excluding hydrogens is 460 g/mol. The number of benzene rings is 1. The van der Waals surface area contributed by atoms with Crippen molar-refractivity contribution < 1.29 is 35.9 Å². The minimum Gasteiger partial charge on any atom is -0.465 e. The van der Waals surface area contributed by atoms with E-state index < -0.39 is 51.0 Å². The van der Waals surface area contributed by atoms with Gasteiger partial charge in [-0.2, -0.15) is 8.78 Å². The molecule has 2 atom stereocenters. The highest BCUT2D eigenvalue weighted by atomic mass is 79.9. The molecule has 6 nitrogen and oxygen atoms in total. The summed E-state index contributed by atoms with van der Waals surface area (Å²) in [5, 5.41) is 9.45. The number of carboxylic acid groups (broad SMARTS) is 1. The van der Waals surface area contributed by atoms with Crippen molar-refractivity contribution in [2.75, 3.05) is 6.54 Å². The molecule has 1 amide bonds. The smallest absolute Gasteiger partial charge is 0.407 e. The van der Waals surface area contributed by atoms with Crippen LogP contribution in [0.2, 0.25) is 0 Å². The van der Waals surface area contributed by atoms with Gasteiger partial charge in [0, 0.05) is 12.0 Å². The molecule has 2 unspecified atom stereocenters. The van der Waals surface area contributed by atoms with Crippen molar-refractivity contribution in [3.63, 3.8) is 0 Å². The summed E-state index contributed by atoms with van der Waals surface area (Å²) in [6.45, 7) is -0.0679. The standard InChI is InChI=1S/C15H15BrF4N2O4S/c16-9-5-8(17)3-7(11(9)18)4-10-12(21-27(25,26)13(19)20)15(1-2-15)6-22(10)14(23)24/h3,5,10,12-13,21H,1-2,4,6H2,(H,23,24). The maximum absolute atomic E-state index is 14.3. The van der Waals surface area contributed by atoms with Crippen molar-refractivity contribution in [3.8, 4) is 0 Å². The number of nitrogens with one attached hydrogen (secondary N) is 1. The summed E-state index contributed by atoms with van der Waals surface area (Å²) in [4.78, 5) is 12.5. The van der Waals surface area contributed by atoms with Crippen LogP contribution in [0.4, 0.5) is 22.4 Å². The Labute approximate surface area is 160 Å². The zero-order chi connectivity index (χ0) is 20.1. The predicted molar refractivity (Wildman–Crippen MR) is 89.8 cm³/mol. The first-order valence-corrected chi connectivity index (χ1v) is 10.2. The zero-order valence-corrected chi connectivity index (χ0v) is 16.0. The number of halogens is 5. The van der Waals surface area contributed by atoms with E-state index in [1.54, 1.807) is 0 Å². The van der Waals surface area contributed by atoms with Crippen LogP contribution in [0.1, 0.15) is 18.4 Å². The molecule has 1 aromatic rings. The molecule has 2 N–H and O–H groups in total. The normalized spacial score (nSPS) is 24.0. The van der Waals surface area contributed by atoms with Crippen LogP contribution < -0.4 is 4.72 Å². The lowest BCUT2D eigenvalue weighted by Gasteiger charge is -2.28. The molecule has 1 aliphatic heterocycles. The molecule has 1 heterocycles. The Balaban J connectivity index is 1.99. The fourth-order valence-electron chi connectivity index (χ4n) is 3.63. The molecular formula is C15H15BrF4N2O4S. The number of alkyl halides is 2. The molecule has 1 aromatic carbocycles. The molecule has 1 spiro atoms. The van der Waals surface area contributed by atoms with Crippen LogP contribution in [0.25, 0.3) is 0 Å². The minimum atomic E-state index is -4.99. The lowest BCUT2D eigenvalue weighted by atomic mass is 9.92. The predicted octanol–water partition coefficient (Wildman–Crippen LogP) is 2.92. The number of sulfonamides is 1. The van der Waals surface area contributed by atoms with Gasteiger partial charge in [0.25, 0.3) is 10.0 Å². The van der Waals surface area contributed by atoms with Gasteiger partial charge in [-0.25, -0.2) is 26.7 Å². The average molecular weight is 475 g/mol. The van der Waals surface area contributed by atoms with E-state index in [1.807, 2.05) is 4.72 Å². The third-order valence-corrected chi connectivity index (χ3v) is 6.72. The van der Waals surface area contributed by atoms with Gasteiger partial charge in [0.15, 0.2) is 0 Å². The largest absolute Gasteiger partial charge is 0.465 e. The molecule has 0 radical (unpaired) electrons. The second kappa shape index (κ2) is 6.89. The number of hydrogen-bond acceptors (Lipinski definition) is 3. The van der Waals surface area contributed by atoms with Gasteiger partial charge in [-0.05, 0) is 52.9 Å². The zero-order valence-electron chi connectivity index (χ0n) is 13.6. The van der Waals surface area contributed by atoms with Crippen LogP contribution in [0, 0.1) is 17.0 Å². The Kier molecular flexibility index (Phi) is 5.19. The fourth-order valence-corrected chi connectivity index (χ4v) is 4.96. The number of carbonyl (C=O) groups is 1. The molecule has 0 bridgehead atoms. The summed E-state index contributed by atoms with van der Waals surface area (Å²) >= 11 is 2.85. The van der Waals surface area contributed by atoms with E-state index in [9.17, 15) is 35.9 Å². The van der Waals surface area contributed by atoms with Crippen molar-refractivity contribution in [1.82, 2.24) is 9.62 Å². The Bertz CT molecular complexity index is 879. The van der Waals surface area contributed by atoms with Gasteiger partial charge in [0.2, 0.25) is 0 Å². The SMILES string of the molecule is O=C(O)N1CC2(CC2)C(NS(=O)(=O)C(F)F)C1Cc1cc(F)cc(Br)c1F. The number of amides is 1. The lowest BCUT2D eigenvalue weighted by Crippen LogP contribution is -2.50. The van der Waals surface area contributed by atoms with Crippen LogP contribution in [0.3, 0.4) is 0 Å². The van der Waals surface area contributed by atoms with Gasteiger partial charge in [0.1, 0.15) is 11.6 Å². The van der Waals surface area contributed by atoms with Crippen LogP contribution >= 0.6 is 15.9 Å². The van der Waals surface area contributed by atoms with E-state index >= 15 is 0 Å². The van der Waals surface area contributed by atoms with E-state index in [0.29, 0.717) is 12.8 Å². The van der Waals surface area contributed by atoms with E-state index in [2.05, 4.69) is 15.9 Å². The summed E-state index contributed by atoms with van der Waals surface area (Å²) in [6.07, 6.45) is -0.869. The van der Waals surface area contributed by atoms with Crippen LogP contribution in [0.15, 0.2) is 16.6 Å². The topological polar surface area (TPSA) is 86.7 Å². The molecule has 12 heteroatoms. The monoisotopic (exact) mass is 474 g/mol. The first kappa shape index (κ1) is 20.3. The third kappa shape index (κ3) is 3.79. The van der Waals surface area contributed by atoms with Crippen molar-refractivity contribution in [2.45, 2.75) is 37.1 Å². The second-order valence-electron chi connectivity index (χ2n) is 6.81. The molecule has 1 aliphatic carbocycles. The Morgan fingerprint density at radius 1 is 1.37 bits per heavy atom. The molecule has 1 saturated heterocycles. The van der Waals surface area contributed by atoms with Crippen LogP contribution in [-0.2, 0) is 16.4 Å². The first-order valence-electron chi connectivity index (χ1n) is 7.89. The van der Waals surface area contributed by atoms with Gasteiger partial charge < -0.3 is 10.0 Å². The number of nitrogens with zero attached hydrogens (tertiary/aromatic N) is 1. The lowest BCUT2D eigenvalue weighted by molar-refractivity contribution is 0.136. The maximum Gasteiger partial charge on any atom is 0.407 e. The van der Waals surface area contributed by atoms with E-state index in [1.165, 1.54) is 0 Å². The first-order chi connectivity index (χ1) is 12.5. The summed E-state index contributed by atoms with van der Waals surface area (Å²) in [6, 6.07) is -0.547. The maximum atomic E-state index is 14.3. The van der Waals surface area contributed by atoms with Crippen molar-refractivity contribution in [1.29, 1.82) is 0 Å². The highest BCUT2D eigenvalue weighted by Crippen LogP contribution is 2.55. The number of hydrogen-bond donors (Lipinski definition) is 2.